The Hall–Kier alpha value is -1.67. The smallest absolute Gasteiger partial charge is 0.169 e. The van der Waals surface area contributed by atoms with Gasteiger partial charge in [0.05, 0.1) is 7.11 Å². The first kappa shape index (κ1) is 15.8. The van der Waals surface area contributed by atoms with Gasteiger partial charge in [0.15, 0.2) is 11.6 Å². The molecule has 0 aromatic heterocycles. The second kappa shape index (κ2) is 5.70. The largest absolute Gasteiger partial charge is 0.497 e. The van der Waals surface area contributed by atoms with Crippen LogP contribution in [0.2, 0.25) is 0 Å². The fraction of sp³-hybridized carbons (Fsp3) is 0.294. The van der Waals surface area contributed by atoms with Gasteiger partial charge in [-0.1, -0.05) is 15.9 Å². The van der Waals surface area contributed by atoms with Gasteiger partial charge in [0, 0.05) is 34.8 Å². The summed E-state index contributed by atoms with van der Waals surface area (Å²) in [4.78, 5) is 0. The number of nitrogens with two attached hydrogens (primary N) is 1. The highest BCUT2D eigenvalue weighted by molar-refractivity contribution is 9.10. The van der Waals surface area contributed by atoms with Crippen LogP contribution in [-0.2, 0) is 10.3 Å². The molecule has 7 heteroatoms. The van der Waals surface area contributed by atoms with E-state index in [4.69, 9.17) is 19.9 Å². The van der Waals surface area contributed by atoms with E-state index in [1.807, 2.05) is 12.1 Å². The molecule has 0 saturated carbocycles. The average molecular weight is 395 g/mol. The molecule has 2 aliphatic heterocycles. The molecule has 1 fully saturated rings. The molecule has 4 rings (SSSR count). The third-order valence-electron chi connectivity index (χ3n) is 4.35. The van der Waals surface area contributed by atoms with Crippen LogP contribution >= 0.6 is 15.9 Å². The van der Waals surface area contributed by atoms with E-state index in [-0.39, 0.29) is 5.75 Å². The Kier molecular flexibility index (Phi) is 3.76. The van der Waals surface area contributed by atoms with E-state index in [1.165, 1.54) is 13.2 Å². The molecule has 24 heavy (non-hydrogen) atoms. The minimum Gasteiger partial charge on any atom is -0.497 e. The van der Waals surface area contributed by atoms with Crippen molar-refractivity contribution in [2.75, 3.05) is 20.2 Å². The molecular formula is C17H16BrFN2O3. The molecule has 1 unspecified atom stereocenters. The normalized spacial score (nSPS) is 24.9. The number of hydrogen-bond acceptors (Lipinski definition) is 5. The van der Waals surface area contributed by atoms with Crippen molar-refractivity contribution in [1.29, 1.82) is 0 Å². The van der Waals surface area contributed by atoms with Crippen molar-refractivity contribution in [3.05, 3.63) is 51.7 Å². The van der Waals surface area contributed by atoms with Crippen molar-refractivity contribution >= 4 is 15.9 Å². The number of rotatable bonds is 1. The fourth-order valence-electron chi connectivity index (χ4n) is 3.30. The molecular weight excluding hydrogens is 379 g/mol. The zero-order valence-electron chi connectivity index (χ0n) is 12.9. The van der Waals surface area contributed by atoms with Gasteiger partial charge in [0.25, 0.3) is 0 Å². The molecule has 2 aromatic rings. The molecule has 2 heterocycles. The van der Waals surface area contributed by atoms with Crippen LogP contribution in [0.4, 0.5) is 4.39 Å². The number of nitrogens with one attached hydrogen (secondary N) is 1. The van der Waals surface area contributed by atoms with Crippen LogP contribution in [0, 0.1) is 5.82 Å². The highest BCUT2D eigenvalue weighted by atomic mass is 79.9. The Bertz CT molecular complexity index is 817. The summed E-state index contributed by atoms with van der Waals surface area (Å²) in [5.74, 6) is 0.586. The quantitative estimate of drug-likeness (QED) is 0.778. The number of ether oxygens (including phenoxy) is 3. The Balaban J connectivity index is 2.00. The van der Waals surface area contributed by atoms with Gasteiger partial charge in [-0.25, -0.2) is 4.39 Å². The summed E-state index contributed by atoms with van der Waals surface area (Å²) >= 11 is 3.48. The Morgan fingerprint density at radius 3 is 2.92 bits per heavy atom. The monoisotopic (exact) mass is 394 g/mol. The lowest BCUT2D eigenvalue weighted by Crippen LogP contribution is -2.56. The van der Waals surface area contributed by atoms with Gasteiger partial charge < -0.3 is 25.3 Å². The second-order valence-electron chi connectivity index (χ2n) is 5.84. The molecule has 2 aliphatic rings. The number of hydrogen-bond donors (Lipinski definition) is 2. The lowest BCUT2D eigenvalue weighted by molar-refractivity contribution is -0.0974. The Labute approximate surface area is 147 Å². The van der Waals surface area contributed by atoms with Crippen LogP contribution in [-0.4, -0.2) is 26.4 Å². The number of morpholine rings is 1. The van der Waals surface area contributed by atoms with Gasteiger partial charge in [-0.2, -0.15) is 0 Å². The standard InChI is InChI=1S/C17H16BrFN2O3/c1-22-10-5-12-16(13(19)6-10)23-14-3-2-9(18)4-11(14)17(12)8-21-7-15(20)24-17/h2-6,15,21H,7-8,20H2,1H3/t15-,17?/m0/s1. The SMILES string of the molecule is COc1cc(F)c2c(c1)C1(CNC[C@@H](N)O1)c1cc(Br)ccc1O2. The van der Waals surface area contributed by atoms with Gasteiger partial charge in [0.1, 0.15) is 23.3 Å². The minimum absolute atomic E-state index is 0.140. The van der Waals surface area contributed by atoms with Crippen molar-refractivity contribution in [3.8, 4) is 17.2 Å². The van der Waals surface area contributed by atoms with Gasteiger partial charge in [-0.05, 0) is 24.3 Å². The maximum atomic E-state index is 14.6. The Morgan fingerprint density at radius 2 is 2.17 bits per heavy atom. The van der Waals surface area contributed by atoms with Crippen LogP contribution in [0.25, 0.3) is 0 Å². The van der Waals surface area contributed by atoms with Crippen LogP contribution < -0.4 is 20.5 Å². The fourth-order valence-corrected chi connectivity index (χ4v) is 3.66. The van der Waals surface area contributed by atoms with E-state index in [0.29, 0.717) is 30.2 Å². The van der Waals surface area contributed by atoms with E-state index < -0.39 is 17.6 Å². The van der Waals surface area contributed by atoms with Crippen molar-refractivity contribution in [3.63, 3.8) is 0 Å². The zero-order valence-corrected chi connectivity index (χ0v) is 14.5. The summed E-state index contributed by atoms with van der Waals surface area (Å²) in [5, 5.41) is 3.27. The molecule has 126 valence electrons. The summed E-state index contributed by atoms with van der Waals surface area (Å²) in [5.41, 5.74) is 6.45. The summed E-state index contributed by atoms with van der Waals surface area (Å²) in [6.45, 7) is 0.973. The van der Waals surface area contributed by atoms with E-state index in [0.717, 1.165) is 10.0 Å². The third kappa shape index (κ3) is 2.31. The van der Waals surface area contributed by atoms with Crippen molar-refractivity contribution in [2.24, 2.45) is 5.73 Å². The molecule has 0 aliphatic carbocycles. The van der Waals surface area contributed by atoms with Crippen LogP contribution in [0.3, 0.4) is 0 Å². The number of fused-ring (bicyclic) bond motifs is 4. The molecule has 1 saturated heterocycles. The second-order valence-corrected chi connectivity index (χ2v) is 6.76. The van der Waals surface area contributed by atoms with E-state index in [2.05, 4.69) is 21.2 Å². The highest BCUT2D eigenvalue weighted by Crippen LogP contribution is 2.52. The maximum Gasteiger partial charge on any atom is 0.169 e. The molecule has 5 nitrogen and oxygen atoms in total. The summed E-state index contributed by atoms with van der Waals surface area (Å²) in [6.07, 6.45) is -0.522. The first-order valence-corrected chi connectivity index (χ1v) is 8.33. The maximum absolute atomic E-state index is 14.6. The molecule has 2 atom stereocenters. The van der Waals surface area contributed by atoms with E-state index >= 15 is 0 Å². The third-order valence-corrected chi connectivity index (χ3v) is 4.84. The first-order chi connectivity index (χ1) is 11.5. The summed E-state index contributed by atoms with van der Waals surface area (Å²) in [7, 11) is 1.49. The van der Waals surface area contributed by atoms with Crippen molar-refractivity contribution in [1.82, 2.24) is 5.32 Å². The Morgan fingerprint density at radius 1 is 1.33 bits per heavy atom. The predicted molar refractivity (Wildman–Crippen MR) is 89.9 cm³/mol. The van der Waals surface area contributed by atoms with Crippen molar-refractivity contribution in [2.45, 2.75) is 11.8 Å². The zero-order chi connectivity index (χ0) is 16.9. The number of methoxy groups -OCH3 is 1. The number of halogens is 2. The van der Waals surface area contributed by atoms with Gasteiger partial charge in [0.2, 0.25) is 0 Å². The molecule has 2 aromatic carbocycles. The van der Waals surface area contributed by atoms with Gasteiger partial charge in [-0.15, -0.1) is 0 Å². The molecule has 0 radical (unpaired) electrons. The number of benzene rings is 2. The van der Waals surface area contributed by atoms with Gasteiger partial charge in [-0.3, -0.25) is 0 Å². The summed E-state index contributed by atoms with van der Waals surface area (Å²) < 4.78 is 32.7. The van der Waals surface area contributed by atoms with Crippen molar-refractivity contribution < 1.29 is 18.6 Å². The topological polar surface area (TPSA) is 65.7 Å². The lowest BCUT2D eigenvalue weighted by Gasteiger charge is -2.44. The van der Waals surface area contributed by atoms with Crippen LogP contribution in [0.15, 0.2) is 34.8 Å². The van der Waals surface area contributed by atoms with E-state index in [9.17, 15) is 4.39 Å². The summed E-state index contributed by atoms with van der Waals surface area (Å²) in [6, 6.07) is 8.58. The highest BCUT2D eigenvalue weighted by Gasteiger charge is 2.47. The first-order valence-electron chi connectivity index (χ1n) is 7.53. The van der Waals surface area contributed by atoms with E-state index in [1.54, 1.807) is 12.1 Å². The average Bonchev–Trinajstić information content (AvgIpc) is 2.56. The van der Waals surface area contributed by atoms with Crippen LogP contribution in [0.1, 0.15) is 11.1 Å². The molecule has 1 spiro atoms. The lowest BCUT2D eigenvalue weighted by atomic mass is 9.82. The minimum atomic E-state index is -0.945. The van der Waals surface area contributed by atoms with Crippen LogP contribution in [0.5, 0.6) is 17.2 Å². The predicted octanol–water partition coefficient (Wildman–Crippen LogP) is 2.85. The molecule has 3 N–H and O–H groups in total. The van der Waals surface area contributed by atoms with Gasteiger partial charge >= 0.3 is 0 Å². The molecule has 0 amide bonds. The molecule has 0 bridgehead atoms.